The number of carbonyl (C=O) groups excluding carboxylic acids is 1. The van der Waals surface area contributed by atoms with Gasteiger partial charge in [-0.15, -0.1) is 0 Å². The van der Waals surface area contributed by atoms with Crippen LogP contribution in [-0.4, -0.2) is 23.8 Å². The summed E-state index contributed by atoms with van der Waals surface area (Å²) in [4.78, 5) is 11.9. The van der Waals surface area contributed by atoms with E-state index in [1.807, 2.05) is 30.3 Å². The quantitative estimate of drug-likeness (QED) is 0.792. The van der Waals surface area contributed by atoms with E-state index in [0.717, 1.165) is 11.6 Å². The van der Waals surface area contributed by atoms with Crippen molar-refractivity contribution in [2.24, 2.45) is 0 Å². The van der Waals surface area contributed by atoms with E-state index in [-0.39, 0.29) is 12.2 Å². The molecule has 23 heavy (non-hydrogen) atoms. The number of rotatable bonds is 5. The molecule has 0 saturated heterocycles. The minimum atomic E-state index is -0.643. The number of anilines is 1. The lowest BCUT2D eigenvalue weighted by atomic mass is 10.1. The first-order valence-corrected chi connectivity index (χ1v) is 7.04. The molecule has 0 saturated carbocycles. The maximum atomic E-state index is 13.2. The van der Waals surface area contributed by atoms with Gasteiger partial charge in [0.05, 0.1) is 18.2 Å². The third kappa shape index (κ3) is 4.80. The molecule has 5 nitrogen and oxygen atoms in total. The molecule has 0 radical (unpaired) electrons. The number of nitrogens with one attached hydrogen (secondary N) is 2. The molecule has 1 atom stereocenters. The largest absolute Gasteiger partial charge is 0.394 e. The van der Waals surface area contributed by atoms with Gasteiger partial charge in [-0.2, -0.15) is 5.26 Å². The highest BCUT2D eigenvalue weighted by Gasteiger charge is 2.13. The summed E-state index contributed by atoms with van der Waals surface area (Å²) in [5.41, 5.74) is 1.14. The highest BCUT2D eigenvalue weighted by molar-refractivity contribution is 5.89. The number of urea groups is 1. The predicted octanol–water partition coefficient (Wildman–Crippen LogP) is 2.42. The van der Waals surface area contributed by atoms with E-state index >= 15 is 0 Å². The Hall–Kier alpha value is -2.91. The summed E-state index contributed by atoms with van der Waals surface area (Å²) in [7, 11) is 0. The zero-order chi connectivity index (χ0) is 16.7. The van der Waals surface area contributed by atoms with E-state index in [4.69, 9.17) is 5.26 Å². The third-order valence-electron chi connectivity index (χ3n) is 3.23. The van der Waals surface area contributed by atoms with E-state index in [0.29, 0.717) is 12.1 Å². The van der Waals surface area contributed by atoms with Gasteiger partial charge in [-0.05, 0) is 30.2 Å². The summed E-state index contributed by atoms with van der Waals surface area (Å²) in [6.07, 6.45) is 0.484. The van der Waals surface area contributed by atoms with Crippen LogP contribution in [0.25, 0.3) is 0 Å². The van der Waals surface area contributed by atoms with Crippen LogP contribution in [0.5, 0.6) is 0 Å². The molecule has 0 unspecified atom stereocenters. The lowest BCUT2D eigenvalue weighted by Gasteiger charge is -2.17. The summed E-state index contributed by atoms with van der Waals surface area (Å²) < 4.78 is 13.2. The Morgan fingerprint density at radius 1 is 1.26 bits per heavy atom. The van der Waals surface area contributed by atoms with Crippen LogP contribution in [0.15, 0.2) is 48.5 Å². The second kappa shape index (κ2) is 7.92. The van der Waals surface area contributed by atoms with Gasteiger partial charge in [0.2, 0.25) is 0 Å². The van der Waals surface area contributed by atoms with Crippen molar-refractivity contribution in [2.75, 3.05) is 11.9 Å². The van der Waals surface area contributed by atoms with Crippen LogP contribution in [0.1, 0.15) is 11.1 Å². The summed E-state index contributed by atoms with van der Waals surface area (Å²) in [5, 5.41) is 23.3. The van der Waals surface area contributed by atoms with Crippen LogP contribution in [0.4, 0.5) is 14.9 Å². The van der Waals surface area contributed by atoms with E-state index in [2.05, 4.69) is 10.6 Å². The zero-order valence-corrected chi connectivity index (χ0v) is 12.3. The number of benzene rings is 2. The highest BCUT2D eigenvalue weighted by atomic mass is 19.1. The smallest absolute Gasteiger partial charge is 0.319 e. The van der Waals surface area contributed by atoms with Crippen molar-refractivity contribution in [3.8, 4) is 6.07 Å². The molecule has 0 aromatic heterocycles. The molecular weight excluding hydrogens is 297 g/mol. The monoisotopic (exact) mass is 313 g/mol. The van der Waals surface area contributed by atoms with Crippen molar-refractivity contribution in [3.05, 3.63) is 65.5 Å². The minimum Gasteiger partial charge on any atom is -0.394 e. The highest BCUT2D eigenvalue weighted by Crippen LogP contribution is 2.13. The van der Waals surface area contributed by atoms with Gasteiger partial charge in [-0.1, -0.05) is 30.3 Å². The molecule has 118 valence electrons. The molecule has 0 bridgehead atoms. The first-order chi connectivity index (χ1) is 11.1. The van der Waals surface area contributed by atoms with Crippen molar-refractivity contribution < 1.29 is 14.3 Å². The molecule has 0 spiro atoms. The maximum absolute atomic E-state index is 13.2. The average molecular weight is 313 g/mol. The molecule has 2 aromatic rings. The number of halogens is 1. The molecule has 2 amide bonds. The normalized spacial score (nSPS) is 11.3. The Morgan fingerprint density at radius 2 is 2.00 bits per heavy atom. The fraction of sp³-hybridized carbons (Fsp3) is 0.176. The van der Waals surface area contributed by atoms with E-state index in [1.54, 1.807) is 6.07 Å². The van der Waals surface area contributed by atoms with Crippen LogP contribution < -0.4 is 10.6 Å². The zero-order valence-electron chi connectivity index (χ0n) is 12.3. The summed E-state index contributed by atoms with van der Waals surface area (Å²) in [6, 6.07) is 13.9. The van der Waals surface area contributed by atoms with Gasteiger partial charge in [0, 0.05) is 5.69 Å². The molecule has 0 fully saturated rings. The van der Waals surface area contributed by atoms with Crippen LogP contribution in [0.2, 0.25) is 0 Å². The van der Waals surface area contributed by atoms with Crippen LogP contribution in [-0.2, 0) is 6.42 Å². The second-order valence-corrected chi connectivity index (χ2v) is 4.97. The number of aliphatic hydroxyl groups excluding tert-OH is 1. The Labute approximate surface area is 133 Å². The number of nitriles is 1. The van der Waals surface area contributed by atoms with Crippen LogP contribution in [0.3, 0.4) is 0 Å². The third-order valence-corrected chi connectivity index (χ3v) is 3.23. The molecule has 2 aromatic carbocycles. The molecule has 6 heteroatoms. The van der Waals surface area contributed by atoms with E-state index in [9.17, 15) is 14.3 Å². The Balaban J connectivity index is 1.96. The molecule has 0 aliphatic carbocycles. The Kier molecular flexibility index (Phi) is 5.67. The van der Waals surface area contributed by atoms with Crippen molar-refractivity contribution in [1.29, 1.82) is 5.26 Å². The Bertz CT molecular complexity index is 714. The number of amides is 2. The number of hydrogen-bond acceptors (Lipinski definition) is 3. The molecule has 3 N–H and O–H groups in total. The van der Waals surface area contributed by atoms with E-state index < -0.39 is 17.9 Å². The van der Waals surface area contributed by atoms with E-state index in [1.165, 1.54) is 12.1 Å². The fourth-order valence-corrected chi connectivity index (χ4v) is 2.10. The second-order valence-electron chi connectivity index (χ2n) is 4.97. The minimum absolute atomic E-state index is 0.147. The van der Waals surface area contributed by atoms with Crippen molar-refractivity contribution in [1.82, 2.24) is 5.32 Å². The molecule has 0 aliphatic rings. The average Bonchev–Trinajstić information content (AvgIpc) is 2.57. The van der Waals surface area contributed by atoms with Crippen molar-refractivity contribution in [2.45, 2.75) is 12.5 Å². The first kappa shape index (κ1) is 16.5. The van der Waals surface area contributed by atoms with Crippen molar-refractivity contribution in [3.63, 3.8) is 0 Å². The van der Waals surface area contributed by atoms with Gasteiger partial charge < -0.3 is 15.7 Å². The predicted molar refractivity (Wildman–Crippen MR) is 84.3 cm³/mol. The van der Waals surface area contributed by atoms with Gasteiger partial charge >= 0.3 is 6.03 Å². The molecule has 0 heterocycles. The molecular formula is C17H16FN3O2. The molecule has 2 rings (SSSR count). The number of nitrogens with zero attached hydrogens (tertiary/aromatic N) is 1. The van der Waals surface area contributed by atoms with Gasteiger partial charge in [-0.3, -0.25) is 0 Å². The van der Waals surface area contributed by atoms with Gasteiger partial charge in [-0.25, -0.2) is 9.18 Å². The summed E-state index contributed by atoms with van der Waals surface area (Å²) in [6.45, 7) is -0.213. The lowest BCUT2D eigenvalue weighted by molar-refractivity contribution is 0.224. The van der Waals surface area contributed by atoms with Gasteiger partial charge in [0.25, 0.3) is 0 Å². The molecule has 0 aliphatic heterocycles. The van der Waals surface area contributed by atoms with Crippen LogP contribution >= 0.6 is 0 Å². The SMILES string of the molecule is N#Cc1cc(NC(=O)N[C@H](CO)Cc2ccccc2)ccc1F. The number of hydrogen-bond donors (Lipinski definition) is 3. The first-order valence-electron chi connectivity index (χ1n) is 7.04. The summed E-state index contributed by atoms with van der Waals surface area (Å²) in [5.74, 6) is -0.643. The standard InChI is InChI=1S/C17H16FN3O2/c18-16-7-6-14(9-13(16)10-19)20-17(23)21-15(11-22)8-12-4-2-1-3-5-12/h1-7,9,15,22H,8,11H2,(H2,20,21,23)/t15-/m0/s1. The topological polar surface area (TPSA) is 85.2 Å². The maximum Gasteiger partial charge on any atom is 0.319 e. The van der Waals surface area contributed by atoms with Crippen molar-refractivity contribution >= 4 is 11.7 Å². The summed E-state index contributed by atoms with van der Waals surface area (Å²) >= 11 is 0. The number of carbonyl (C=O) groups is 1. The van der Waals surface area contributed by atoms with Crippen LogP contribution in [0, 0.1) is 17.1 Å². The Morgan fingerprint density at radius 3 is 2.65 bits per heavy atom. The number of aliphatic hydroxyl groups is 1. The van der Waals surface area contributed by atoms with Gasteiger partial charge in [0.15, 0.2) is 0 Å². The van der Waals surface area contributed by atoms with Gasteiger partial charge in [0.1, 0.15) is 11.9 Å². The lowest BCUT2D eigenvalue weighted by Crippen LogP contribution is -2.41. The fourth-order valence-electron chi connectivity index (χ4n) is 2.10.